The molecule has 110 valence electrons. The van der Waals surface area contributed by atoms with Gasteiger partial charge in [0, 0.05) is 19.8 Å². The van der Waals surface area contributed by atoms with E-state index in [0.717, 1.165) is 12.8 Å². The molecular weight excluding hydrogens is 246 g/mol. The predicted molar refractivity (Wildman–Crippen MR) is 73.0 cm³/mol. The van der Waals surface area contributed by atoms with Crippen LogP contribution in [0.2, 0.25) is 0 Å². The summed E-state index contributed by atoms with van der Waals surface area (Å²) in [5, 5.41) is 14.8. The number of oxime groups is 1. The Morgan fingerprint density at radius 3 is 2.63 bits per heavy atom. The number of hydrogen-bond acceptors (Lipinski definition) is 4. The number of rotatable bonds is 7. The lowest BCUT2D eigenvalue weighted by atomic mass is 9.78. The fourth-order valence-corrected chi connectivity index (χ4v) is 2.34. The van der Waals surface area contributed by atoms with Crippen LogP contribution in [0.1, 0.15) is 45.4 Å². The average Bonchev–Trinajstić information content (AvgIpc) is 2.46. The molecule has 1 aliphatic rings. The molecule has 0 atom stereocenters. The Labute approximate surface area is 114 Å². The number of carbonyl (C=O) groups is 1. The van der Waals surface area contributed by atoms with Crippen molar-refractivity contribution in [1.82, 2.24) is 5.32 Å². The van der Waals surface area contributed by atoms with E-state index in [0.29, 0.717) is 32.6 Å². The number of ether oxygens (including phenoxy) is 1. The van der Waals surface area contributed by atoms with Crippen LogP contribution in [0.4, 0.5) is 0 Å². The number of carbonyl (C=O) groups excluding carboxylic acids is 1. The lowest BCUT2D eigenvalue weighted by Gasteiger charge is -2.34. The molecule has 0 aromatic rings. The zero-order valence-electron chi connectivity index (χ0n) is 11.7. The van der Waals surface area contributed by atoms with Gasteiger partial charge in [-0.3, -0.25) is 4.79 Å². The van der Waals surface area contributed by atoms with Gasteiger partial charge >= 0.3 is 0 Å². The molecule has 1 fully saturated rings. The second-order valence-electron chi connectivity index (χ2n) is 5.00. The standard InChI is InChI=1S/C13H25N3O3/c1-2-3-4-5-8-15-12(17)13(11(14)16-18)6-9-19-10-7-13/h18H,2-10H2,1H3,(H2,14,16)(H,15,17). The molecule has 1 amide bonds. The maximum atomic E-state index is 12.3. The highest BCUT2D eigenvalue weighted by Gasteiger charge is 2.44. The van der Waals surface area contributed by atoms with Crippen molar-refractivity contribution in [3.8, 4) is 0 Å². The van der Waals surface area contributed by atoms with Crippen molar-refractivity contribution >= 4 is 11.7 Å². The van der Waals surface area contributed by atoms with E-state index in [9.17, 15) is 4.79 Å². The van der Waals surface area contributed by atoms with E-state index in [4.69, 9.17) is 15.7 Å². The quantitative estimate of drug-likeness (QED) is 0.213. The number of unbranched alkanes of at least 4 members (excludes halogenated alkanes) is 3. The fraction of sp³-hybridized carbons (Fsp3) is 0.846. The summed E-state index contributed by atoms with van der Waals surface area (Å²) in [7, 11) is 0. The van der Waals surface area contributed by atoms with Crippen LogP contribution in [0.3, 0.4) is 0 Å². The fourth-order valence-electron chi connectivity index (χ4n) is 2.34. The molecule has 0 saturated carbocycles. The van der Waals surface area contributed by atoms with Gasteiger partial charge in [0.15, 0.2) is 5.84 Å². The van der Waals surface area contributed by atoms with E-state index in [1.165, 1.54) is 12.8 Å². The van der Waals surface area contributed by atoms with Gasteiger partial charge in [-0.1, -0.05) is 31.3 Å². The highest BCUT2D eigenvalue weighted by molar-refractivity contribution is 6.06. The van der Waals surface area contributed by atoms with Crippen molar-refractivity contribution in [3.63, 3.8) is 0 Å². The van der Waals surface area contributed by atoms with Crippen molar-refractivity contribution < 1.29 is 14.7 Å². The number of nitrogens with zero attached hydrogens (tertiary/aromatic N) is 1. The molecule has 1 saturated heterocycles. The van der Waals surface area contributed by atoms with Crippen LogP contribution < -0.4 is 11.1 Å². The molecule has 0 radical (unpaired) electrons. The molecule has 19 heavy (non-hydrogen) atoms. The predicted octanol–water partition coefficient (Wildman–Crippen LogP) is 1.23. The largest absolute Gasteiger partial charge is 0.409 e. The Kier molecular flexibility index (Phi) is 6.62. The third-order valence-corrected chi connectivity index (χ3v) is 3.69. The summed E-state index contributed by atoms with van der Waals surface area (Å²) < 4.78 is 5.25. The minimum Gasteiger partial charge on any atom is -0.409 e. The summed E-state index contributed by atoms with van der Waals surface area (Å²) in [6.45, 7) is 3.70. The van der Waals surface area contributed by atoms with Gasteiger partial charge in [-0.25, -0.2) is 0 Å². The second-order valence-corrected chi connectivity index (χ2v) is 5.00. The van der Waals surface area contributed by atoms with E-state index in [1.807, 2.05) is 0 Å². The number of nitrogens with two attached hydrogens (primary N) is 1. The van der Waals surface area contributed by atoms with Crippen LogP contribution >= 0.6 is 0 Å². The molecule has 1 rings (SSSR count). The molecule has 1 heterocycles. The van der Waals surface area contributed by atoms with Crippen molar-refractivity contribution in [2.24, 2.45) is 16.3 Å². The Morgan fingerprint density at radius 2 is 2.05 bits per heavy atom. The molecule has 6 heteroatoms. The van der Waals surface area contributed by atoms with Gasteiger partial charge in [0.25, 0.3) is 0 Å². The first kappa shape index (κ1) is 15.8. The molecule has 6 nitrogen and oxygen atoms in total. The molecule has 0 aliphatic carbocycles. The maximum Gasteiger partial charge on any atom is 0.234 e. The summed E-state index contributed by atoms with van der Waals surface area (Å²) in [6, 6.07) is 0. The SMILES string of the molecule is CCCCCCNC(=O)C1(C(N)=NO)CCOCC1. The Bertz CT molecular complexity index is 312. The summed E-state index contributed by atoms with van der Waals surface area (Å²) >= 11 is 0. The van der Waals surface area contributed by atoms with E-state index in [1.54, 1.807) is 0 Å². The summed E-state index contributed by atoms with van der Waals surface area (Å²) in [5.41, 5.74) is 4.81. The summed E-state index contributed by atoms with van der Waals surface area (Å²) in [6.07, 6.45) is 5.33. The smallest absolute Gasteiger partial charge is 0.234 e. The average molecular weight is 271 g/mol. The summed E-state index contributed by atoms with van der Waals surface area (Å²) in [4.78, 5) is 12.3. The monoisotopic (exact) mass is 271 g/mol. The van der Waals surface area contributed by atoms with E-state index < -0.39 is 5.41 Å². The van der Waals surface area contributed by atoms with Gasteiger partial charge in [-0.15, -0.1) is 0 Å². The van der Waals surface area contributed by atoms with Gasteiger partial charge in [-0.05, 0) is 19.3 Å². The topological polar surface area (TPSA) is 96.9 Å². The van der Waals surface area contributed by atoms with Crippen molar-refractivity contribution in [2.45, 2.75) is 45.4 Å². The first-order chi connectivity index (χ1) is 9.17. The van der Waals surface area contributed by atoms with Crippen molar-refractivity contribution in [3.05, 3.63) is 0 Å². The Balaban J connectivity index is 2.53. The minimum atomic E-state index is -0.905. The van der Waals surface area contributed by atoms with Crippen molar-refractivity contribution in [1.29, 1.82) is 0 Å². The van der Waals surface area contributed by atoms with Crippen LogP contribution in [0.15, 0.2) is 5.16 Å². The normalized spacial score (nSPS) is 19.1. The molecule has 0 aromatic carbocycles. The molecule has 0 unspecified atom stereocenters. The van der Waals surface area contributed by atoms with Gasteiger partial charge in [0.1, 0.15) is 5.41 Å². The molecule has 0 spiro atoms. The third-order valence-electron chi connectivity index (χ3n) is 3.69. The second kappa shape index (κ2) is 7.99. The lowest BCUT2D eigenvalue weighted by molar-refractivity contribution is -0.131. The molecule has 1 aliphatic heterocycles. The number of hydrogen-bond donors (Lipinski definition) is 3. The van der Waals surface area contributed by atoms with Crippen LogP contribution in [0, 0.1) is 5.41 Å². The highest BCUT2D eigenvalue weighted by atomic mass is 16.5. The van der Waals surface area contributed by atoms with E-state index >= 15 is 0 Å². The number of amidine groups is 1. The molecule has 4 N–H and O–H groups in total. The maximum absolute atomic E-state index is 12.3. The van der Waals surface area contributed by atoms with Crippen molar-refractivity contribution in [2.75, 3.05) is 19.8 Å². The highest BCUT2D eigenvalue weighted by Crippen LogP contribution is 2.31. The minimum absolute atomic E-state index is 0.0122. The van der Waals surface area contributed by atoms with Gasteiger partial charge in [0.05, 0.1) is 0 Å². The zero-order valence-corrected chi connectivity index (χ0v) is 11.7. The first-order valence-electron chi connectivity index (χ1n) is 7.01. The van der Waals surface area contributed by atoms with Gasteiger partial charge < -0.3 is 21.0 Å². The Morgan fingerprint density at radius 1 is 1.37 bits per heavy atom. The van der Waals surface area contributed by atoms with E-state index in [2.05, 4.69) is 17.4 Å². The van der Waals surface area contributed by atoms with Crippen LogP contribution in [-0.4, -0.2) is 36.7 Å². The molecule has 0 bridgehead atoms. The number of nitrogens with one attached hydrogen (secondary N) is 1. The first-order valence-corrected chi connectivity index (χ1v) is 7.01. The molecular formula is C13H25N3O3. The van der Waals surface area contributed by atoms with Crippen LogP contribution in [0.5, 0.6) is 0 Å². The van der Waals surface area contributed by atoms with Crippen LogP contribution in [-0.2, 0) is 9.53 Å². The van der Waals surface area contributed by atoms with Gasteiger partial charge in [0.2, 0.25) is 5.91 Å². The van der Waals surface area contributed by atoms with E-state index in [-0.39, 0.29) is 11.7 Å². The lowest BCUT2D eigenvalue weighted by Crippen LogP contribution is -2.52. The zero-order chi connectivity index (χ0) is 14.1. The van der Waals surface area contributed by atoms with Crippen LogP contribution in [0.25, 0.3) is 0 Å². The third kappa shape index (κ3) is 4.09. The molecule has 0 aromatic heterocycles. The number of amides is 1. The van der Waals surface area contributed by atoms with Gasteiger partial charge in [-0.2, -0.15) is 0 Å². The Hall–Kier alpha value is -1.30. The summed E-state index contributed by atoms with van der Waals surface area (Å²) in [5.74, 6) is -0.163.